The lowest BCUT2D eigenvalue weighted by Gasteiger charge is -2.17. The van der Waals surface area contributed by atoms with Gasteiger partial charge in [-0.25, -0.2) is 0 Å². The molecule has 1 amide bonds. The Morgan fingerprint density at radius 3 is 2.65 bits per heavy atom. The summed E-state index contributed by atoms with van der Waals surface area (Å²) in [5, 5.41) is 12.4. The van der Waals surface area contributed by atoms with Gasteiger partial charge in [0.05, 0.1) is 12.6 Å². The van der Waals surface area contributed by atoms with Gasteiger partial charge in [-0.15, -0.1) is 0 Å². The molecular weight excluding hydrogens is 326 g/mol. The van der Waals surface area contributed by atoms with Gasteiger partial charge in [0, 0.05) is 24.5 Å². The van der Waals surface area contributed by atoms with Gasteiger partial charge in [-0.05, 0) is 51.8 Å². The minimum atomic E-state index is -0.300. The number of nitrogens with one attached hydrogen (secondary N) is 1. The number of hydrogen-bond donors (Lipinski definition) is 1. The number of nitriles is 1. The van der Waals surface area contributed by atoms with Gasteiger partial charge in [0.1, 0.15) is 11.6 Å². The van der Waals surface area contributed by atoms with Crippen molar-refractivity contribution in [1.29, 1.82) is 5.26 Å². The molecule has 0 aliphatic carbocycles. The number of aryl methyl sites for hydroxylation is 1. The number of hydrogen-bond acceptors (Lipinski definition) is 3. The summed E-state index contributed by atoms with van der Waals surface area (Å²) >= 11 is 0. The first-order valence-electron chi connectivity index (χ1n) is 9.45. The first-order chi connectivity index (χ1) is 12.3. The number of nitrogens with zero attached hydrogens (tertiary/aromatic N) is 2. The van der Waals surface area contributed by atoms with E-state index in [1.807, 2.05) is 32.9 Å². The number of rotatable bonds is 10. The van der Waals surface area contributed by atoms with E-state index in [1.165, 1.54) is 0 Å². The number of aromatic nitrogens is 1. The second-order valence-electron chi connectivity index (χ2n) is 7.04. The van der Waals surface area contributed by atoms with Crippen LogP contribution in [0.25, 0.3) is 6.08 Å². The highest BCUT2D eigenvalue weighted by atomic mass is 16.5. The van der Waals surface area contributed by atoms with Crippen LogP contribution in [0.3, 0.4) is 0 Å². The quantitative estimate of drug-likeness (QED) is 0.385. The van der Waals surface area contributed by atoms with Crippen molar-refractivity contribution in [3.05, 3.63) is 28.6 Å². The zero-order valence-corrected chi connectivity index (χ0v) is 17.1. The molecule has 0 radical (unpaired) electrons. The fraction of sp³-hybridized carbons (Fsp3) is 0.619. The predicted octanol–water partition coefficient (Wildman–Crippen LogP) is 4.30. The summed E-state index contributed by atoms with van der Waals surface area (Å²) in [6.45, 7) is 10.9. The van der Waals surface area contributed by atoms with Gasteiger partial charge < -0.3 is 14.6 Å². The number of carbonyl (C=O) groups excluding carboxylic acids is 1. The highest BCUT2D eigenvalue weighted by Crippen LogP contribution is 2.22. The molecule has 5 heteroatoms. The van der Waals surface area contributed by atoms with Gasteiger partial charge in [0.25, 0.3) is 5.91 Å². The van der Waals surface area contributed by atoms with E-state index in [9.17, 15) is 10.1 Å². The summed E-state index contributed by atoms with van der Waals surface area (Å²) in [4.78, 5) is 12.4. The first-order valence-corrected chi connectivity index (χ1v) is 9.45. The topological polar surface area (TPSA) is 67.0 Å². The van der Waals surface area contributed by atoms with Crippen molar-refractivity contribution in [2.75, 3.05) is 13.7 Å². The van der Waals surface area contributed by atoms with Crippen molar-refractivity contribution < 1.29 is 9.53 Å². The largest absolute Gasteiger partial charge is 0.383 e. The second kappa shape index (κ2) is 10.8. The fourth-order valence-corrected chi connectivity index (χ4v) is 3.32. The van der Waals surface area contributed by atoms with Gasteiger partial charge in [-0.1, -0.05) is 26.2 Å². The number of unbranched alkanes of at least 4 members (excludes halogenated alkanes) is 2. The average molecular weight is 360 g/mol. The van der Waals surface area contributed by atoms with Gasteiger partial charge in [-0.2, -0.15) is 5.26 Å². The van der Waals surface area contributed by atoms with Crippen LogP contribution in [0.15, 0.2) is 11.6 Å². The Labute approximate surface area is 158 Å². The van der Waals surface area contributed by atoms with E-state index in [-0.39, 0.29) is 23.6 Å². The minimum absolute atomic E-state index is 0.0694. The molecule has 2 atom stereocenters. The van der Waals surface area contributed by atoms with Crippen LogP contribution >= 0.6 is 0 Å². The molecule has 1 N–H and O–H groups in total. The van der Waals surface area contributed by atoms with E-state index in [1.54, 1.807) is 13.2 Å². The Bertz CT molecular complexity index is 668. The molecule has 0 fully saturated rings. The molecular formula is C21H33N3O2. The lowest BCUT2D eigenvalue weighted by molar-refractivity contribution is -0.117. The highest BCUT2D eigenvalue weighted by molar-refractivity contribution is 6.01. The molecule has 0 aliphatic heterocycles. The zero-order chi connectivity index (χ0) is 19.7. The van der Waals surface area contributed by atoms with Crippen molar-refractivity contribution in [3.8, 4) is 6.07 Å². The normalized spacial score (nSPS) is 14.0. The molecule has 0 saturated carbocycles. The number of ether oxygens (including phenoxy) is 1. The molecule has 0 spiro atoms. The Morgan fingerprint density at radius 2 is 2.08 bits per heavy atom. The van der Waals surface area contributed by atoms with Crippen LogP contribution in [0.1, 0.15) is 69.4 Å². The van der Waals surface area contributed by atoms with E-state index in [2.05, 4.69) is 23.7 Å². The molecule has 1 aromatic rings. The average Bonchev–Trinajstić information content (AvgIpc) is 2.86. The molecule has 144 valence electrons. The maximum absolute atomic E-state index is 12.4. The standard InChI is InChI=1S/C21H33N3O2/c1-7-8-9-10-15(2)23-21(25)20(13-22)12-19-11-16(3)24(18(19)5)17(4)14-26-6/h11-12,15,17H,7-10,14H2,1-6H3,(H,23,25)/b20-12+. The van der Waals surface area contributed by atoms with E-state index < -0.39 is 0 Å². The smallest absolute Gasteiger partial charge is 0.262 e. The van der Waals surface area contributed by atoms with E-state index >= 15 is 0 Å². The van der Waals surface area contributed by atoms with E-state index in [0.29, 0.717) is 6.61 Å². The molecule has 0 aromatic carbocycles. The Balaban J connectivity index is 2.94. The third-order valence-corrected chi connectivity index (χ3v) is 4.66. The third kappa shape index (κ3) is 6.03. The van der Waals surface area contributed by atoms with Crippen molar-refractivity contribution in [2.45, 2.75) is 72.4 Å². The fourth-order valence-electron chi connectivity index (χ4n) is 3.32. The Kier molecular flexibility index (Phi) is 9.15. The van der Waals surface area contributed by atoms with Crippen molar-refractivity contribution in [3.63, 3.8) is 0 Å². The molecule has 1 aromatic heterocycles. The molecule has 2 unspecified atom stereocenters. The van der Waals surface area contributed by atoms with Gasteiger partial charge in [0.15, 0.2) is 0 Å². The van der Waals surface area contributed by atoms with E-state index in [4.69, 9.17) is 4.74 Å². The molecule has 26 heavy (non-hydrogen) atoms. The SMILES string of the molecule is CCCCCC(C)NC(=O)/C(C#N)=C/c1cc(C)n(C(C)COC)c1C. The van der Waals surface area contributed by atoms with Crippen LogP contribution in [0.5, 0.6) is 0 Å². The molecule has 0 saturated heterocycles. The molecule has 1 heterocycles. The number of carbonyl (C=O) groups is 1. The summed E-state index contributed by atoms with van der Waals surface area (Å²) in [7, 11) is 1.69. The van der Waals surface area contributed by atoms with Crippen LogP contribution in [-0.4, -0.2) is 30.2 Å². The molecule has 1 rings (SSSR count). The first kappa shape index (κ1) is 22.0. The number of amides is 1. The lowest BCUT2D eigenvalue weighted by Crippen LogP contribution is -2.33. The van der Waals surface area contributed by atoms with Crippen LogP contribution in [0, 0.1) is 25.2 Å². The maximum Gasteiger partial charge on any atom is 0.262 e. The number of methoxy groups -OCH3 is 1. The summed E-state index contributed by atoms with van der Waals surface area (Å²) in [5.41, 5.74) is 3.16. The second-order valence-corrected chi connectivity index (χ2v) is 7.04. The van der Waals surface area contributed by atoms with Gasteiger partial charge in [-0.3, -0.25) is 4.79 Å². The van der Waals surface area contributed by atoms with Crippen molar-refractivity contribution in [1.82, 2.24) is 9.88 Å². The minimum Gasteiger partial charge on any atom is -0.383 e. The van der Waals surface area contributed by atoms with Crippen LogP contribution in [0.2, 0.25) is 0 Å². The lowest BCUT2D eigenvalue weighted by atomic mass is 10.1. The summed E-state index contributed by atoms with van der Waals surface area (Å²) in [6, 6.07) is 4.32. The van der Waals surface area contributed by atoms with Crippen molar-refractivity contribution in [2.24, 2.45) is 0 Å². The monoisotopic (exact) mass is 359 g/mol. The molecule has 5 nitrogen and oxygen atoms in total. The van der Waals surface area contributed by atoms with Gasteiger partial charge in [0.2, 0.25) is 0 Å². The summed E-state index contributed by atoms with van der Waals surface area (Å²) < 4.78 is 7.43. The summed E-state index contributed by atoms with van der Waals surface area (Å²) in [5.74, 6) is -0.300. The Morgan fingerprint density at radius 1 is 1.38 bits per heavy atom. The van der Waals surface area contributed by atoms with Crippen LogP contribution in [-0.2, 0) is 9.53 Å². The Hall–Kier alpha value is -2.06. The summed E-state index contributed by atoms with van der Waals surface area (Å²) in [6.07, 6.45) is 6.02. The van der Waals surface area contributed by atoms with Crippen molar-refractivity contribution >= 4 is 12.0 Å². The zero-order valence-electron chi connectivity index (χ0n) is 17.1. The predicted molar refractivity (Wildman–Crippen MR) is 106 cm³/mol. The highest BCUT2D eigenvalue weighted by Gasteiger charge is 2.16. The van der Waals surface area contributed by atoms with Crippen LogP contribution < -0.4 is 5.32 Å². The molecule has 0 bridgehead atoms. The van der Waals surface area contributed by atoms with Gasteiger partial charge >= 0.3 is 0 Å². The molecule has 0 aliphatic rings. The van der Waals surface area contributed by atoms with Crippen LogP contribution in [0.4, 0.5) is 0 Å². The maximum atomic E-state index is 12.4. The van der Waals surface area contributed by atoms with E-state index in [0.717, 1.165) is 42.6 Å². The third-order valence-electron chi connectivity index (χ3n) is 4.66.